The molecule has 94 valence electrons. The fraction of sp³-hybridized carbons (Fsp3) is 0.583. The van der Waals surface area contributed by atoms with Gasteiger partial charge >= 0.3 is 0 Å². The van der Waals surface area contributed by atoms with Crippen LogP contribution >= 0.6 is 11.6 Å². The number of rotatable bonds is 3. The third-order valence-electron chi connectivity index (χ3n) is 2.99. The molecule has 0 bridgehead atoms. The lowest BCUT2D eigenvalue weighted by Crippen LogP contribution is -2.29. The van der Waals surface area contributed by atoms with E-state index in [0.29, 0.717) is 18.1 Å². The lowest BCUT2D eigenvalue weighted by molar-refractivity contribution is 0.197. The van der Waals surface area contributed by atoms with Crippen LogP contribution in [0.5, 0.6) is 5.75 Å². The molecule has 0 aliphatic carbocycles. The molecule has 0 amide bonds. The summed E-state index contributed by atoms with van der Waals surface area (Å²) in [5, 5.41) is 9.67. The summed E-state index contributed by atoms with van der Waals surface area (Å²) in [5.74, 6) is 0.587. The lowest BCUT2D eigenvalue weighted by atomic mass is 10.1. The second-order valence-corrected chi connectivity index (χ2v) is 4.59. The zero-order valence-corrected chi connectivity index (χ0v) is 10.4. The Morgan fingerprint density at radius 3 is 2.71 bits per heavy atom. The average molecular weight is 258 g/mol. The maximum Gasteiger partial charge on any atom is 0.227 e. The molecule has 0 saturated carbocycles. The highest BCUT2D eigenvalue weighted by Gasteiger charge is 2.16. The van der Waals surface area contributed by atoms with Crippen molar-refractivity contribution >= 4 is 11.6 Å². The molecule has 0 radical (unpaired) electrons. The predicted octanol–water partition coefficient (Wildman–Crippen LogP) is 2.07. The number of aromatic hydroxyl groups is 1. The molecule has 1 fully saturated rings. The van der Waals surface area contributed by atoms with E-state index >= 15 is 0 Å². The monoisotopic (exact) mass is 257 g/mol. The summed E-state index contributed by atoms with van der Waals surface area (Å²) in [6.45, 7) is 2.44. The Morgan fingerprint density at radius 1 is 1.35 bits per heavy atom. The number of hydrogen-bond acceptors (Lipinski definition) is 4. The minimum Gasteiger partial charge on any atom is -0.502 e. The van der Waals surface area contributed by atoms with E-state index in [0.717, 1.165) is 25.9 Å². The molecular weight excluding hydrogens is 242 g/mol. The van der Waals surface area contributed by atoms with Crippen molar-refractivity contribution in [1.82, 2.24) is 4.90 Å². The maximum absolute atomic E-state index is 11.5. The topological polar surface area (TPSA) is 53.7 Å². The lowest BCUT2D eigenvalue weighted by Gasteiger charge is -2.25. The van der Waals surface area contributed by atoms with Gasteiger partial charge in [0.2, 0.25) is 11.2 Å². The molecule has 1 aliphatic rings. The summed E-state index contributed by atoms with van der Waals surface area (Å²) in [6.07, 6.45) is 3.55. The van der Waals surface area contributed by atoms with Crippen LogP contribution in [0.25, 0.3) is 0 Å². The molecule has 2 heterocycles. The van der Waals surface area contributed by atoms with Gasteiger partial charge in [0.15, 0.2) is 5.76 Å². The molecule has 1 saturated heterocycles. The summed E-state index contributed by atoms with van der Waals surface area (Å²) >= 11 is 5.64. The van der Waals surface area contributed by atoms with E-state index < -0.39 is 5.43 Å². The van der Waals surface area contributed by atoms with E-state index in [1.165, 1.54) is 12.5 Å². The third kappa shape index (κ3) is 3.01. The number of alkyl halides is 1. The molecule has 0 spiro atoms. The fourth-order valence-electron chi connectivity index (χ4n) is 2.08. The first-order chi connectivity index (χ1) is 8.20. The highest BCUT2D eigenvalue weighted by Crippen LogP contribution is 2.19. The van der Waals surface area contributed by atoms with Crippen molar-refractivity contribution < 1.29 is 9.52 Å². The molecule has 1 N–H and O–H groups in total. The molecule has 1 aromatic heterocycles. The molecule has 4 nitrogen and oxygen atoms in total. The van der Waals surface area contributed by atoms with E-state index in [1.807, 2.05) is 0 Å². The maximum atomic E-state index is 11.5. The zero-order chi connectivity index (χ0) is 12.3. The Labute approximate surface area is 105 Å². The van der Waals surface area contributed by atoms with Crippen molar-refractivity contribution in [3.63, 3.8) is 0 Å². The first-order valence-corrected chi connectivity index (χ1v) is 6.37. The summed E-state index contributed by atoms with van der Waals surface area (Å²) in [5.41, 5.74) is -0.418. The van der Waals surface area contributed by atoms with E-state index in [1.54, 1.807) is 0 Å². The average Bonchev–Trinajstić information content (AvgIpc) is 2.36. The number of likely N-dealkylation sites (tertiary alicyclic amines) is 1. The van der Waals surface area contributed by atoms with Crippen molar-refractivity contribution in [2.75, 3.05) is 13.1 Å². The number of piperidine rings is 1. The Bertz CT molecular complexity index is 438. The summed E-state index contributed by atoms with van der Waals surface area (Å²) in [6, 6.07) is 1.24. The van der Waals surface area contributed by atoms with Crippen LogP contribution in [-0.4, -0.2) is 23.1 Å². The van der Waals surface area contributed by atoms with Crippen LogP contribution in [-0.2, 0) is 12.4 Å². The van der Waals surface area contributed by atoms with Gasteiger partial charge in [-0.1, -0.05) is 6.42 Å². The normalized spacial score (nSPS) is 17.2. The minimum atomic E-state index is -0.418. The minimum absolute atomic E-state index is 0.141. The Kier molecular flexibility index (Phi) is 4.07. The highest BCUT2D eigenvalue weighted by atomic mass is 35.5. The highest BCUT2D eigenvalue weighted by molar-refractivity contribution is 6.16. The molecule has 0 aromatic carbocycles. The molecule has 0 unspecified atom stereocenters. The van der Waals surface area contributed by atoms with Gasteiger partial charge in [-0.3, -0.25) is 9.69 Å². The van der Waals surface area contributed by atoms with Crippen LogP contribution in [0, 0.1) is 0 Å². The quantitative estimate of drug-likeness (QED) is 0.843. The smallest absolute Gasteiger partial charge is 0.227 e. The largest absolute Gasteiger partial charge is 0.502 e. The predicted molar refractivity (Wildman–Crippen MR) is 65.3 cm³/mol. The summed E-state index contributed by atoms with van der Waals surface area (Å²) < 4.78 is 5.42. The van der Waals surface area contributed by atoms with Gasteiger partial charge in [0.25, 0.3) is 0 Å². The molecular formula is C12H16ClNO3. The number of halogens is 1. The van der Waals surface area contributed by atoms with E-state index in [2.05, 4.69) is 4.90 Å². The number of hydrogen-bond donors (Lipinski definition) is 1. The molecule has 1 aliphatic heterocycles. The van der Waals surface area contributed by atoms with Gasteiger partial charge in [-0.2, -0.15) is 0 Å². The van der Waals surface area contributed by atoms with E-state index in [9.17, 15) is 9.90 Å². The SMILES string of the molecule is O=c1cc(CCl)oc(CN2CCCCC2)c1O. The Balaban J connectivity index is 2.18. The van der Waals surface area contributed by atoms with E-state index in [4.69, 9.17) is 16.0 Å². The van der Waals surface area contributed by atoms with Crippen molar-refractivity contribution in [1.29, 1.82) is 0 Å². The van der Waals surface area contributed by atoms with Crippen molar-refractivity contribution in [3.8, 4) is 5.75 Å². The van der Waals surface area contributed by atoms with Crippen LogP contribution < -0.4 is 5.43 Å². The number of nitrogens with zero attached hydrogens (tertiary/aromatic N) is 1. The van der Waals surface area contributed by atoms with Gasteiger partial charge in [0, 0.05) is 6.07 Å². The van der Waals surface area contributed by atoms with E-state index in [-0.39, 0.29) is 11.6 Å². The molecule has 1 aromatic rings. The second-order valence-electron chi connectivity index (χ2n) is 4.32. The Morgan fingerprint density at radius 2 is 2.06 bits per heavy atom. The van der Waals surface area contributed by atoms with Crippen LogP contribution in [0.3, 0.4) is 0 Å². The second kappa shape index (κ2) is 5.56. The molecule has 17 heavy (non-hydrogen) atoms. The standard InChI is InChI=1S/C12H16ClNO3/c13-7-9-6-10(15)12(16)11(17-9)8-14-4-2-1-3-5-14/h6,16H,1-5,7-8H2. The van der Waals surface area contributed by atoms with Crippen molar-refractivity contribution in [2.24, 2.45) is 0 Å². The zero-order valence-electron chi connectivity index (χ0n) is 9.62. The fourth-order valence-corrected chi connectivity index (χ4v) is 2.21. The van der Waals surface area contributed by atoms with Crippen LogP contribution in [0.15, 0.2) is 15.3 Å². The van der Waals surface area contributed by atoms with Gasteiger partial charge in [-0.15, -0.1) is 11.6 Å². The van der Waals surface area contributed by atoms with Crippen molar-refractivity contribution in [3.05, 3.63) is 27.8 Å². The van der Waals surface area contributed by atoms with Gasteiger partial charge in [0.1, 0.15) is 5.76 Å². The first kappa shape index (κ1) is 12.5. The summed E-state index contributed by atoms with van der Waals surface area (Å²) in [7, 11) is 0. The first-order valence-electron chi connectivity index (χ1n) is 5.84. The molecule has 0 atom stereocenters. The van der Waals surface area contributed by atoms with Crippen LogP contribution in [0.4, 0.5) is 0 Å². The van der Waals surface area contributed by atoms with Gasteiger partial charge in [0.05, 0.1) is 12.4 Å². The molecule has 5 heteroatoms. The third-order valence-corrected chi connectivity index (χ3v) is 3.25. The van der Waals surface area contributed by atoms with Gasteiger partial charge in [-0.25, -0.2) is 0 Å². The summed E-state index contributed by atoms with van der Waals surface area (Å²) in [4.78, 5) is 13.7. The Hall–Kier alpha value is -1.00. The van der Waals surface area contributed by atoms with Crippen LogP contribution in [0.1, 0.15) is 30.8 Å². The molecule has 2 rings (SSSR count). The van der Waals surface area contributed by atoms with Gasteiger partial charge in [-0.05, 0) is 25.9 Å². The van der Waals surface area contributed by atoms with Crippen LogP contribution in [0.2, 0.25) is 0 Å². The van der Waals surface area contributed by atoms with Gasteiger partial charge < -0.3 is 9.52 Å². The van der Waals surface area contributed by atoms with Crippen molar-refractivity contribution in [2.45, 2.75) is 31.7 Å².